The van der Waals surface area contributed by atoms with Gasteiger partial charge in [-0.25, -0.2) is 0 Å². The second-order valence-corrected chi connectivity index (χ2v) is 8.32. The van der Waals surface area contributed by atoms with Crippen LogP contribution in [0.2, 0.25) is 0 Å². The topological polar surface area (TPSA) is 72.7 Å². The lowest BCUT2D eigenvalue weighted by Crippen LogP contribution is -2.33. The highest BCUT2D eigenvalue weighted by molar-refractivity contribution is 8.00. The lowest BCUT2D eigenvalue weighted by Gasteiger charge is -2.15. The van der Waals surface area contributed by atoms with Crippen LogP contribution in [-0.4, -0.2) is 37.5 Å². The molecule has 0 fully saturated rings. The van der Waals surface area contributed by atoms with Crippen molar-refractivity contribution in [2.24, 2.45) is 5.92 Å². The van der Waals surface area contributed by atoms with Gasteiger partial charge in [0.15, 0.2) is 11.0 Å². The van der Waals surface area contributed by atoms with E-state index < -0.39 is 0 Å². The molecule has 0 aliphatic rings. The van der Waals surface area contributed by atoms with Crippen molar-refractivity contribution in [3.8, 4) is 11.4 Å². The molecule has 3 rings (SSSR count). The third-order valence-corrected chi connectivity index (χ3v) is 5.26. The molecule has 0 unspecified atom stereocenters. The molecule has 2 aromatic heterocycles. The van der Waals surface area contributed by atoms with Crippen molar-refractivity contribution in [3.05, 3.63) is 60.4 Å². The van der Waals surface area contributed by atoms with E-state index in [-0.39, 0.29) is 11.2 Å². The van der Waals surface area contributed by atoms with Gasteiger partial charge < -0.3 is 5.32 Å². The summed E-state index contributed by atoms with van der Waals surface area (Å²) in [6.07, 6.45) is 3.48. The Hall–Kier alpha value is -2.67. The lowest BCUT2D eigenvalue weighted by molar-refractivity contribution is -0.120. The average Bonchev–Trinajstić information content (AvgIpc) is 3.09. The number of hydrogen-bond donors (Lipinski definition) is 1. The number of benzene rings is 1. The zero-order valence-corrected chi connectivity index (χ0v) is 17.2. The van der Waals surface area contributed by atoms with Crippen LogP contribution < -0.4 is 5.32 Å². The van der Waals surface area contributed by atoms with Crippen molar-refractivity contribution in [3.63, 3.8) is 0 Å². The van der Waals surface area contributed by atoms with Crippen LogP contribution in [0.4, 0.5) is 0 Å². The first-order valence-electron chi connectivity index (χ1n) is 9.36. The molecule has 0 saturated heterocycles. The zero-order valence-electron chi connectivity index (χ0n) is 16.4. The lowest BCUT2D eigenvalue weighted by atomic mass is 10.2. The Morgan fingerprint density at radius 3 is 2.46 bits per heavy atom. The van der Waals surface area contributed by atoms with Crippen molar-refractivity contribution >= 4 is 17.7 Å². The summed E-state index contributed by atoms with van der Waals surface area (Å²) in [5.74, 6) is 1.20. The molecule has 3 aromatic rings. The number of aromatic nitrogens is 4. The van der Waals surface area contributed by atoms with Gasteiger partial charge in [0, 0.05) is 24.5 Å². The maximum absolute atomic E-state index is 12.4. The van der Waals surface area contributed by atoms with Gasteiger partial charge in [-0.15, -0.1) is 10.2 Å². The SMILES string of the molecule is CC(C)CNC(=O)[C@H](C)Sc1nnc(-c2ccncc2)n1Cc1ccccc1. The standard InChI is InChI=1S/C21H25N5OS/c1-15(2)13-23-20(27)16(3)28-21-25-24-19(18-9-11-22-12-10-18)26(21)14-17-7-5-4-6-8-17/h4-12,15-16H,13-14H2,1-3H3,(H,23,27)/t16-/m0/s1. The van der Waals surface area contributed by atoms with Gasteiger partial charge in [-0.3, -0.25) is 14.3 Å². The molecule has 0 radical (unpaired) electrons. The Labute approximate surface area is 169 Å². The quantitative estimate of drug-likeness (QED) is 0.590. The van der Waals surface area contributed by atoms with Crippen molar-refractivity contribution < 1.29 is 4.79 Å². The molecular weight excluding hydrogens is 370 g/mol. The van der Waals surface area contributed by atoms with Crippen molar-refractivity contribution in [1.29, 1.82) is 0 Å². The fourth-order valence-corrected chi connectivity index (χ4v) is 3.53. The average molecular weight is 396 g/mol. The minimum Gasteiger partial charge on any atom is -0.355 e. The van der Waals surface area contributed by atoms with Gasteiger partial charge in [-0.2, -0.15) is 0 Å². The third kappa shape index (κ3) is 5.19. The molecule has 1 aromatic carbocycles. The van der Waals surface area contributed by atoms with Crippen LogP contribution in [0.1, 0.15) is 26.3 Å². The van der Waals surface area contributed by atoms with E-state index in [0.717, 1.165) is 22.1 Å². The fraction of sp³-hybridized carbons (Fsp3) is 0.333. The summed E-state index contributed by atoms with van der Waals surface area (Å²) in [6, 6.07) is 14.0. The molecule has 7 heteroatoms. The number of rotatable bonds is 8. The molecule has 0 aliphatic heterocycles. The van der Waals surface area contributed by atoms with E-state index in [1.807, 2.05) is 37.3 Å². The normalized spacial score (nSPS) is 12.1. The summed E-state index contributed by atoms with van der Waals surface area (Å²) < 4.78 is 2.06. The Bertz CT molecular complexity index is 896. The number of nitrogens with zero attached hydrogens (tertiary/aromatic N) is 4. The fourth-order valence-electron chi connectivity index (χ4n) is 2.66. The van der Waals surface area contributed by atoms with Gasteiger partial charge in [0.2, 0.25) is 5.91 Å². The van der Waals surface area contributed by atoms with E-state index in [1.54, 1.807) is 12.4 Å². The predicted molar refractivity (Wildman–Crippen MR) is 112 cm³/mol. The van der Waals surface area contributed by atoms with Crippen LogP contribution in [0, 0.1) is 5.92 Å². The summed E-state index contributed by atoms with van der Waals surface area (Å²) in [6.45, 7) is 7.36. The van der Waals surface area contributed by atoms with E-state index in [9.17, 15) is 4.79 Å². The van der Waals surface area contributed by atoms with E-state index in [0.29, 0.717) is 19.0 Å². The molecule has 1 N–H and O–H groups in total. The van der Waals surface area contributed by atoms with Crippen molar-refractivity contribution in [1.82, 2.24) is 25.1 Å². The Morgan fingerprint density at radius 2 is 1.79 bits per heavy atom. The van der Waals surface area contributed by atoms with Crippen LogP contribution in [0.15, 0.2) is 60.0 Å². The molecule has 0 spiro atoms. The molecule has 6 nitrogen and oxygen atoms in total. The molecule has 1 atom stereocenters. The first-order chi connectivity index (χ1) is 13.5. The summed E-state index contributed by atoms with van der Waals surface area (Å²) in [5, 5.41) is 12.2. The Balaban J connectivity index is 1.86. The number of nitrogens with one attached hydrogen (secondary N) is 1. The van der Waals surface area contributed by atoms with E-state index in [4.69, 9.17) is 0 Å². The van der Waals surface area contributed by atoms with Crippen molar-refractivity contribution in [2.75, 3.05) is 6.54 Å². The third-order valence-electron chi connectivity index (χ3n) is 4.17. The number of hydrogen-bond acceptors (Lipinski definition) is 5. The van der Waals surface area contributed by atoms with Crippen LogP contribution in [0.25, 0.3) is 11.4 Å². The zero-order chi connectivity index (χ0) is 19.9. The minimum atomic E-state index is -0.261. The molecule has 1 amide bonds. The van der Waals surface area contributed by atoms with Gasteiger partial charge in [0.1, 0.15) is 0 Å². The molecule has 0 saturated carbocycles. The van der Waals surface area contributed by atoms with Crippen LogP contribution in [0.3, 0.4) is 0 Å². The first kappa shape index (κ1) is 20.1. The van der Waals surface area contributed by atoms with Gasteiger partial charge in [0.05, 0.1) is 11.8 Å². The van der Waals surface area contributed by atoms with Crippen molar-refractivity contribution in [2.45, 2.75) is 37.7 Å². The number of carbonyl (C=O) groups excluding carboxylic acids is 1. The Morgan fingerprint density at radius 1 is 1.07 bits per heavy atom. The highest BCUT2D eigenvalue weighted by atomic mass is 32.2. The minimum absolute atomic E-state index is 0.0124. The number of carbonyl (C=O) groups is 1. The monoisotopic (exact) mass is 395 g/mol. The van der Waals surface area contributed by atoms with Gasteiger partial charge >= 0.3 is 0 Å². The number of thioether (sulfide) groups is 1. The predicted octanol–water partition coefficient (Wildman–Crippen LogP) is 3.64. The highest BCUT2D eigenvalue weighted by Crippen LogP contribution is 2.27. The van der Waals surface area contributed by atoms with Gasteiger partial charge in [-0.05, 0) is 30.5 Å². The van der Waals surface area contributed by atoms with E-state index in [2.05, 4.69) is 51.0 Å². The number of pyridine rings is 1. The summed E-state index contributed by atoms with van der Waals surface area (Å²) in [7, 11) is 0. The van der Waals surface area contributed by atoms with E-state index >= 15 is 0 Å². The summed E-state index contributed by atoms with van der Waals surface area (Å²) >= 11 is 1.43. The van der Waals surface area contributed by atoms with Crippen LogP contribution in [0.5, 0.6) is 0 Å². The first-order valence-corrected chi connectivity index (χ1v) is 10.2. The molecule has 0 bridgehead atoms. The smallest absolute Gasteiger partial charge is 0.233 e. The second kappa shape index (κ2) is 9.50. The number of amides is 1. The molecule has 28 heavy (non-hydrogen) atoms. The van der Waals surface area contributed by atoms with Crippen LogP contribution in [-0.2, 0) is 11.3 Å². The summed E-state index contributed by atoms with van der Waals surface area (Å²) in [4.78, 5) is 16.5. The maximum atomic E-state index is 12.4. The molecule has 2 heterocycles. The second-order valence-electron chi connectivity index (χ2n) is 7.01. The molecule has 146 valence electrons. The molecule has 0 aliphatic carbocycles. The highest BCUT2D eigenvalue weighted by Gasteiger charge is 2.21. The van der Waals surface area contributed by atoms with Gasteiger partial charge in [0.25, 0.3) is 0 Å². The van der Waals surface area contributed by atoms with E-state index in [1.165, 1.54) is 11.8 Å². The van der Waals surface area contributed by atoms with Crippen LogP contribution >= 0.6 is 11.8 Å². The largest absolute Gasteiger partial charge is 0.355 e. The maximum Gasteiger partial charge on any atom is 0.233 e. The summed E-state index contributed by atoms with van der Waals surface area (Å²) in [5.41, 5.74) is 2.10. The van der Waals surface area contributed by atoms with Gasteiger partial charge in [-0.1, -0.05) is 55.9 Å². The Kier molecular flexibility index (Phi) is 6.81. The molecular formula is C21H25N5OS.